The molecule has 3 fully saturated rings. The quantitative estimate of drug-likeness (QED) is 0.859. The molecule has 1 N–H and O–H groups in total. The van der Waals surface area contributed by atoms with Crippen molar-refractivity contribution >= 4 is 0 Å². The maximum Gasteiger partial charge on any atom is 0.0933 e. The average molecular weight is 283 g/mol. The second-order valence-corrected chi connectivity index (χ2v) is 6.96. The van der Waals surface area contributed by atoms with E-state index in [0.717, 1.165) is 19.7 Å². The minimum atomic E-state index is -0.0174. The molecule has 2 saturated heterocycles. The van der Waals surface area contributed by atoms with Gasteiger partial charge in [0.1, 0.15) is 0 Å². The van der Waals surface area contributed by atoms with E-state index >= 15 is 0 Å². The van der Waals surface area contributed by atoms with Gasteiger partial charge in [0.15, 0.2) is 0 Å². The second kappa shape index (κ2) is 6.30. The molecule has 4 heteroatoms. The molecule has 3 rings (SSSR count). The summed E-state index contributed by atoms with van der Waals surface area (Å²) in [5.41, 5.74) is 0.217. The summed E-state index contributed by atoms with van der Waals surface area (Å²) in [5, 5.41) is 9.27. The van der Waals surface area contributed by atoms with Crippen molar-refractivity contribution in [3.8, 4) is 0 Å². The van der Waals surface area contributed by atoms with Crippen LogP contribution in [0.3, 0.4) is 0 Å². The molecule has 116 valence electrons. The van der Waals surface area contributed by atoms with Crippen LogP contribution in [-0.2, 0) is 9.47 Å². The highest BCUT2D eigenvalue weighted by Crippen LogP contribution is 2.42. The Kier molecular flexibility index (Phi) is 4.65. The van der Waals surface area contributed by atoms with Crippen molar-refractivity contribution in [1.29, 1.82) is 0 Å². The molecule has 1 saturated carbocycles. The number of hydrogen-bond donors (Lipinski definition) is 1. The van der Waals surface area contributed by atoms with E-state index in [4.69, 9.17) is 9.47 Å². The molecule has 3 unspecified atom stereocenters. The molecular weight excluding hydrogens is 254 g/mol. The highest BCUT2D eigenvalue weighted by Gasteiger charge is 2.41. The third-order valence-electron chi connectivity index (χ3n) is 5.38. The fraction of sp³-hybridized carbons (Fsp3) is 1.00. The van der Waals surface area contributed by atoms with Gasteiger partial charge >= 0.3 is 0 Å². The van der Waals surface area contributed by atoms with E-state index in [0.29, 0.717) is 12.1 Å². The van der Waals surface area contributed by atoms with E-state index in [2.05, 4.69) is 11.8 Å². The van der Waals surface area contributed by atoms with Crippen molar-refractivity contribution in [2.75, 3.05) is 26.3 Å². The van der Waals surface area contributed by atoms with Gasteiger partial charge in [-0.25, -0.2) is 0 Å². The number of aliphatic hydroxyl groups is 1. The molecule has 0 bridgehead atoms. The Hall–Kier alpha value is -0.160. The molecule has 3 atom stereocenters. The van der Waals surface area contributed by atoms with Gasteiger partial charge in [-0.15, -0.1) is 0 Å². The summed E-state index contributed by atoms with van der Waals surface area (Å²) < 4.78 is 12.1. The molecule has 0 aromatic carbocycles. The van der Waals surface area contributed by atoms with Crippen LogP contribution in [0.1, 0.15) is 51.9 Å². The molecule has 20 heavy (non-hydrogen) atoms. The fourth-order valence-corrected chi connectivity index (χ4v) is 4.09. The molecule has 1 spiro atoms. The number of nitrogens with zero attached hydrogens (tertiary/aromatic N) is 1. The minimum Gasteiger partial charge on any atom is -0.394 e. The van der Waals surface area contributed by atoms with Gasteiger partial charge in [-0.05, 0) is 32.6 Å². The Morgan fingerprint density at radius 1 is 1.15 bits per heavy atom. The zero-order valence-electron chi connectivity index (χ0n) is 12.7. The minimum absolute atomic E-state index is 0.0174. The Balaban J connectivity index is 1.53. The highest BCUT2D eigenvalue weighted by atomic mass is 16.5. The summed E-state index contributed by atoms with van der Waals surface area (Å²) in [6.07, 6.45) is 9.41. The first-order valence-corrected chi connectivity index (χ1v) is 8.35. The predicted octanol–water partition coefficient (Wildman–Crippen LogP) is 1.95. The van der Waals surface area contributed by atoms with Crippen LogP contribution in [0.25, 0.3) is 0 Å². The molecule has 1 aliphatic carbocycles. The van der Waals surface area contributed by atoms with Gasteiger partial charge in [-0.3, -0.25) is 4.90 Å². The Bertz CT molecular complexity index is 317. The number of aliphatic hydroxyl groups excluding tert-OH is 1. The first kappa shape index (κ1) is 14.8. The lowest BCUT2D eigenvalue weighted by Crippen LogP contribution is -2.51. The summed E-state index contributed by atoms with van der Waals surface area (Å²) >= 11 is 0. The SMILES string of the molecule is CC1COC(CO)CN1CC1CCC2(CCCCC2)O1. The summed E-state index contributed by atoms with van der Waals surface area (Å²) in [7, 11) is 0. The van der Waals surface area contributed by atoms with Crippen LogP contribution in [0.4, 0.5) is 0 Å². The average Bonchev–Trinajstić information content (AvgIpc) is 2.84. The van der Waals surface area contributed by atoms with Crippen molar-refractivity contribution in [2.45, 2.75) is 75.7 Å². The Morgan fingerprint density at radius 2 is 1.95 bits per heavy atom. The predicted molar refractivity (Wildman–Crippen MR) is 77.8 cm³/mol. The van der Waals surface area contributed by atoms with Crippen LogP contribution in [0.2, 0.25) is 0 Å². The number of morpholine rings is 1. The highest BCUT2D eigenvalue weighted by molar-refractivity contribution is 4.93. The van der Waals surface area contributed by atoms with Crippen molar-refractivity contribution in [3.05, 3.63) is 0 Å². The lowest BCUT2D eigenvalue weighted by molar-refractivity contribution is -0.108. The Morgan fingerprint density at radius 3 is 2.70 bits per heavy atom. The molecule has 0 aromatic heterocycles. The van der Waals surface area contributed by atoms with Crippen LogP contribution >= 0.6 is 0 Å². The number of ether oxygens (including phenoxy) is 2. The standard InChI is InChI=1S/C16H29NO3/c1-13-12-19-15(11-18)10-17(13)9-14-5-8-16(20-14)6-3-2-4-7-16/h13-15,18H,2-12H2,1H3. The van der Waals surface area contributed by atoms with E-state index < -0.39 is 0 Å². The lowest BCUT2D eigenvalue weighted by Gasteiger charge is -2.39. The van der Waals surface area contributed by atoms with Gasteiger partial charge in [0.25, 0.3) is 0 Å². The summed E-state index contributed by atoms with van der Waals surface area (Å²) in [6, 6.07) is 0.435. The number of hydrogen-bond acceptors (Lipinski definition) is 4. The lowest BCUT2D eigenvalue weighted by atomic mass is 9.83. The van der Waals surface area contributed by atoms with E-state index in [9.17, 15) is 5.11 Å². The van der Waals surface area contributed by atoms with Crippen molar-refractivity contribution < 1.29 is 14.6 Å². The zero-order chi connectivity index (χ0) is 14.0. The third kappa shape index (κ3) is 3.19. The van der Waals surface area contributed by atoms with Crippen molar-refractivity contribution in [2.24, 2.45) is 0 Å². The molecule has 2 aliphatic heterocycles. The molecule has 3 aliphatic rings. The normalized spacial score (nSPS) is 38.4. The molecule has 2 heterocycles. The van der Waals surface area contributed by atoms with Gasteiger partial charge in [-0.2, -0.15) is 0 Å². The third-order valence-corrected chi connectivity index (χ3v) is 5.38. The molecular formula is C16H29NO3. The van der Waals surface area contributed by atoms with Crippen LogP contribution in [0.15, 0.2) is 0 Å². The first-order chi connectivity index (χ1) is 9.71. The van der Waals surface area contributed by atoms with Gasteiger partial charge in [0.05, 0.1) is 31.0 Å². The van der Waals surface area contributed by atoms with Crippen molar-refractivity contribution in [1.82, 2.24) is 4.90 Å². The van der Waals surface area contributed by atoms with E-state index in [1.54, 1.807) is 0 Å². The van der Waals surface area contributed by atoms with E-state index in [1.165, 1.54) is 44.9 Å². The maximum absolute atomic E-state index is 9.27. The van der Waals surface area contributed by atoms with Gasteiger partial charge in [-0.1, -0.05) is 19.3 Å². The Labute approximate surface area is 122 Å². The van der Waals surface area contributed by atoms with Gasteiger partial charge in [0, 0.05) is 19.1 Å². The van der Waals surface area contributed by atoms with E-state index in [1.807, 2.05) is 0 Å². The van der Waals surface area contributed by atoms with Crippen LogP contribution in [0, 0.1) is 0 Å². The van der Waals surface area contributed by atoms with E-state index in [-0.39, 0.29) is 18.3 Å². The largest absolute Gasteiger partial charge is 0.394 e. The van der Waals surface area contributed by atoms with Crippen molar-refractivity contribution in [3.63, 3.8) is 0 Å². The monoisotopic (exact) mass is 283 g/mol. The zero-order valence-corrected chi connectivity index (χ0v) is 12.7. The number of rotatable bonds is 3. The fourth-order valence-electron chi connectivity index (χ4n) is 4.09. The first-order valence-electron chi connectivity index (χ1n) is 8.35. The molecule has 0 radical (unpaired) electrons. The smallest absolute Gasteiger partial charge is 0.0933 e. The van der Waals surface area contributed by atoms with Gasteiger partial charge < -0.3 is 14.6 Å². The van der Waals surface area contributed by atoms with Gasteiger partial charge in [0.2, 0.25) is 0 Å². The second-order valence-electron chi connectivity index (χ2n) is 6.96. The van der Waals surface area contributed by atoms with Crippen LogP contribution in [0.5, 0.6) is 0 Å². The molecule has 0 aromatic rings. The summed E-state index contributed by atoms with van der Waals surface area (Å²) in [4.78, 5) is 2.44. The molecule has 0 amide bonds. The van der Waals surface area contributed by atoms with Crippen LogP contribution in [-0.4, -0.2) is 60.2 Å². The maximum atomic E-state index is 9.27. The molecule has 4 nitrogen and oxygen atoms in total. The summed E-state index contributed by atoms with van der Waals surface area (Å²) in [6.45, 7) is 4.90. The van der Waals surface area contributed by atoms with Crippen LogP contribution < -0.4 is 0 Å². The topological polar surface area (TPSA) is 41.9 Å². The summed E-state index contributed by atoms with van der Waals surface area (Å²) in [5.74, 6) is 0.